The summed E-state index contributed by atoms with van der Waals surface area (Å²) in [5.41, 5.74) is 5.61. The van der Waals surface area contributed by atoms with Crippen molar-refractivity contribution in [2.24, 2.45) is 17.6 Å². The molecule has 0 aromatic rings. The van der Waals surface area contributed by atoms with Gasteiger partial charge in [0.1, 0.15) is 0 Å². The fourth-order valence-electron chi connectivity index (χ4n) is 2.11. The van der Waals surface area contributed by atoms with Crippen molar-refractivity contribution in [3.8, 4) is 0 Å². The van der Waals surface area contributed by atoms with E-state index in [1.807, 2.05) is 18.7 Å². The van der Waals surface area contributed by atoms with Gasteiger partial charge in [-0.1, -0.05) is 6.92 Å². The lowest BCUT2D eigenvalue weighted by atomic mass is 10.0. The maximum atomic E-state index is 12.1. The van der Waals surface area contributed by atoms with E-state index in [1.165, 1.54) is 0 Å². The van der Waals surface area contributed by atoms with Gasteiger partial charge in [0.15, 0.2) is 0 Å². The maximum absolute atomic E-state index is 12.1. The van der Waals surface area contributed by atoms with Crippen LogP contribution in [-0.4, -0.2) is 43.7 Å². The molecule has 1 amide bonds. The van der Waals surface area contributed by atoms with E-state index in [0.29, 0.717) is 12.5 Å². The SMILES string of the molecule is CCC(CN)C(=O)N(CC)CC1CCOC1. The van der Waals surface area contributed by atoms with Gasteiger partial charge in [-0.15, -0.1) is 0 Å². The van der Waals surface area contributed by atoms with Crippen molar-refractivity contribution in [1.29, 1.82) is 0 Å². The van der Waals surface area contributed by atoms with Crippen molar-refractivity contribution in [2.45, 2.75) is 26.7 Å². The highest BCUT2D eigenvalue weighted by Gasteiger charge is 2.25. The van der Waals surface area contributed by atoms with Crippen LogP contribution in [0.5, 0.6) is 0 Å². The van der Waals surface area contributed by atoms with Gasteiger partial charge in [0.2, 0.25) is 5.91 Å². The third-order valence-electron chi connectivity index (χ3n) is 3.32. The number of carbonyl (C=O) groups is 1. The first-order valence-corrected chi connectivity index (χ1v) is 6.29. The second kappa shape index (κ2) is 6.86. The largest absolute Gasteiger partial charge is 0.381 e. The van der Waals surface area contributed by atoms with Crippen molar-refractivity contribution in [2.75, 3.05) is 32.8 Å². The Morgan fingerprint density at radius 1 is 1.56 bits per heavy atom. The van der Waals surface area contributed by atoms with Gasteiger partial charge in [-0.3, -0.25) is 4.79 Å². The first-order valence-electron chi connectivity index (χ1n) is 6.29. The van der Waals surface area contributed by atoms with Gasteiger partial charge in [0.25, 0.3) is 0 Å². The van der Waals surface area contributed by atoms with Gasteiger partial charge in [0.05, 0.1) is 12.5 Å². The molecule has 4 nitrogen and oxygen atoms in total. The minimum absolute atomic E-state index is 0.0118. The van der Waals surface area contributed by atoms with Crippen LogP contribution in [0.1, 0.15) is 26.7 Å². The number of hydrogen-bond donors (Lipinski definition) is 1. The van der Waals surface area contributed by atoms with E-state index in [2.05, 4.69) is 0 Å². The van der Waals surface area contributed by atoms with Gasteiger partial charge in [0, 0.05) is 32.2 Å². The smallest absolute Gasteiger partial charge is 0.226 e. The Hall–Kier alpha value is -0.610. The van der Waals surface area contributed by atoms with Crippen LogP contribution in [0, 0.1) is 11.8 Å². The summed E-state index contributed by atoms with van der Waals surface area (Å²) >= 11 is 0. The molecule has 0 aromatic heterocycles. The molecule has 1 saturated heterocycles. The second-order valence-electron chi connectivity index (χ2n) is 4.45. The first kappa shape index (κ1) is 13.5. The van der Waals surface area contributed by atoms with E-state index in [1.54, 1.807) is 0 Å². The zero-order valence-electron chi connectivity index (χ0n) is 10.4. The molecule has 0 bridgehead atoms. The minimum Gasteiger partial charge on any atom is -0.381 e. The van der Waals surface area contributed by atoms with Crippen LogP contribution in [0.3, 0.4) is 0 Å². The van der Waals surface area contributed by atoms with Crippen molar-refractivity contribution >= 4 is 5.91 Å². The average molecular weight is 228 g/mol. The lowest BCUT2D eigenvalue weighted by Gasteiger charge is -2.27. The molecule has 94 valence electrons. The fourth-order valence-corrected chi connectivity index (χ4v) is 2.11. The number of carbonyl (C=O) groups excluding carboxylic acids is 1. The van der Waals surface area contributed by atoms with Gasteiger partial charge in [-0.25, -0.2) is 0 Å². The summed E-state index contributed by atoms with van der Waals surface area (Å²) in [6.45, 7) is 7.72. The summed E-state index contributed by atoms with van der Waals surface area (Å²) in [6.07, 6.45) is 1.90. The summed E-state index contributed by atoms with van der Waals surface area (Å²) in [5.74, 6) is 0.709. The van der Waals surface area contributed by atoms with E-state index in [4.69, 9.17) is 10.5 Å². The molecule has 1 aliphatic heterocycles. The molecular formula is C12H24N2O2. The van der Waals surface area contributed by atoms with Crippen molar-refractivity contribution < 1.29 is 9.53 Å². The van der Waals surface area contributed by atoms with Crippen LogP contribution in [0.15, 0.2) is 0 Å². The summed E-state index contributed by atoms with van der Waals surface area (Å²) in [6, 6.07) is 0. The molecule has 0 radical (unpaired) electrons. The molecule has 0 aromatic carbocycles. The molecule has 16 heavy (non-hydrogen) atoms. The molecule has 2 N–H and O–H groups in total. The average Bonchev–Trinajstić information content (AvgIpc) is 2.80. The van der Waals surface area contributed by atoms with Crippen LogP contribution in [0.2, 0.25) is 0 Å². The first-order chi connectivity index (χ1) is 7.72. The third-order valence-corrected chi connectivity index (χ3v) is 3.32. The number of hydrogen-bond acceptors (Lipinski definition) is 3. The minimum atomic E-state index is -0.0118. The van der Waals surface area contributed by atoms with Crippen LogP contribution in [0.4, 0.5) is 0 Å². The Kier molecular flexibility index (Phi) is 5.77. The number of nitrogens with zero attached hydrogens (tertiary/aromatic N) is 1. The number of ether oxygens (including phenoxy) is 1. The number of rotatable bonds is 6. The van der Waals surface area contributed by atoms with E-state index in [0.717, 1.165) is 39.1 Å². The monoisotopic (exact) mass is 228 g/mol. The molecule has 2 unspecified atom stereocenters. The van der Waals surface area contributed by atoms with Crippen LogP contribution >= 0.6 is 0 Å². The Bertz CT molecular complexity index is 211. The van der Waals surface area contributed by atoms with Crippen molar-refractivity contribution in [3.63, 3.8) is 0 Å². The lowest BCUT2D eigenvalue weighted by molar-refractivity contribution is -0.135. The molecule has 4 heteroatoms. The highest BCUT2D eigenvalue weighted by molar-refractivity contribution is 5.79. The zero-order chi connectivity index (χ0) is 12.0. The highest BCUT2D eigenvalue weighted by atomic mass is 16.5. The van der Waals surface area contributed by atoms with Gasteiger partial charge in [-0.05, 0) is 19.8 Å². The quantitative estimate of drug-likeness (QED) is 0.733. The van der Waals surface area contributed by atoms with Crippen molar-refractivity contribution in [3.05, 3.63) is 0 Å². The summed E-state index contributed by atoms with van der Waals surface area (Å²) in [4.78, 5) is 14.1. The van der Waals surface area contributed by atoms with Gasteiger partial charge < -0.3 is 15.4 Å². The van der Waals surface area contributed by atoms with Crippen LogP contribution < -0.4 is 5.73 Å². The molecule has 0 saturated carbocycles. The molecular weight excluding hydrogens is 204 g/mol. The van der Waals surface area contributed by atoms with E-state index >= 15 is 0 Å². The summed E-state index contributed by atoms with van der Waals surface area (Å²) < 4.78 is 5.33. The Morgan fingerprint density at radius 3 is 2.75 bits per heavy atom. The molecule has 0 spiro atoms. The summed E-state index contributed by atoms with van der Waals surface area (Å²) in [5, 5.41) is 0. The van der Waals surface area contributed by atoms with E-state index in [-0.39, 0.29) is 11.8 Å². The fraction of sp³-hybridized carbons (Fsp3) is 0.917. The highest BCUT2D eigenvalue weighted by Crippen LogP contribution is 2.16. The molecule has 1 fully saturated rings. The number of amides is 1. The Balaban J connectivity index is 2.48. The molecule has 1 heterocycles. The molecule has 2 atom stereocenters. The molecule has 0 aliphatic carbocycles. The van der Waals surface area contributed by atoms with Gasteiger partial charge >= 0.3 is 0 Å². The van der Waals surface area contributed by atoms with Crippen LogP contribution in [-0.2, 0) is 9.53 Å². The predicted octanol–water partition coefficient (Wildman–Crippen LogP) is 0.856. The second-order valence-corrected chi connectivity index (χ2v) is 4.45. The Labute approximate surface area is 98.1 Å². The normalized spacial score (nSPS) is 22.1. The zero-order valence-corrected chi connectivity index (χ0v) is 10.4. The topological polar surface area (TPSA) is 55.6 Å². The molecule has 1 aliphatic rings. The third kappa shape index (κ3) is 3.46. The predicted molar refractivity (Wildman–Crippen MR) is 64.0 cm³/mol. The van der Waals surface area contributed by atoms with E-state index < -0.39 is 0 Å². The van der Waals surface area contributed by atoms with E-state index in [9.17, 15) is 4.79 Å². The molecule has 1 rings (SSSR count). The van der Waals surface area contributed by atoms with Gasteiger partial charge in [-0.2, -0.15) is 0 Å². The number of nitrogens with two attached hydrogens (primary N) is 1. The van der Waals surface area contributed by atoms with Crippen molar-refractivity contribution in [1.82, 2.24) is 4.90 Å². The lowest BCUT2D eigenvalue weighted by Crippen LogP contribution is -2.41. The standard InChI is InChI=1S/C12H24N2O2/c1-3-11(7-13)12(15)14(4-2)8-10-5-6-16-9-10/h10-11H,3-9,13H2,1-2H3. The maximum Gasteiger partial charge on any atom is 0.226 e. The summed E-state index contributed by atoms with van der Waals surface area (Å²) in [7, 11) is 0. The van der Waals surface area contributed by atoms with Crippen LogP contribution in [0.25, 0.3) is 0 Å². The Morgan fingerprint density at radius 2 is 2.31 bits per heavy atom.